The Balaban J connectivity index is 1.35. The first-order valence-electron chi connectivity index (χ1n) is 11.1. The summed E-state index contributed by atoms with van der Waals surface area (Å²) in [6.07, 6.45) is 4.27. The number of hydrogen-bond acceptors (Lipinski definition) is 6. The Morgan fingerprint density at radius 3 is 2.81 bits per heavy atom. The number of carbonyl (C=O) groups is 1. The van der Waals surface area contributed by atoms with Gasteiger partial charge in [0.05, 0.1) is 39.2 Å². The van der Waals surface area contributed by atoms with Gasteiger partial charge in [-0.05, 0) is 29.6 Å². The number of carbonyl (C=O) groups excluding carboxylic acids is 1. The minimum atomic E-state index is -0.248. The van der Waals surface area contributed by atoms with Gasteiger partial charge in [-0.15, -0.1) is 11.3 Å². The van der Waals surface area contributed by atoms with E-state index in [4.69, 9.17) is 18.6 Å². The lowest BCUT2D eigenvalue weighted by Gasteiger charge is -2.52. The number of nitrogens with zero attached hydrogens (tertiary/aromatic N) is 2. The number of methoxy groups -OCH3 is 1. The average Bonchev–Trinajstić information content (AvgIpc) is 3.49. The molecule has 3 aliphatic heterocycles. The molecule has 8 heteroatoms. The first-order valence-corrected chi connectivity index (χ1v) is 12.0. The van der Waals surface area contributed by atoms with Gasteiger partial charge in [-0.1, -0.05) is 0 Å². The van der Waals surface area contributed by atoms with Gasteiger partial charge >= 0.3 is 6.09 Å². The smallest absolute Gasteiger partial charge is 0.415 e. The zero-order valence-electron chi connectivity index (χ0n) is 18.2. The van der Waals surface area contributed by atoms with E-state index in [0.717, 1.165) is 60.9 Å². The molecule has 7 nitrogen and oxygen atoms in total. The number of ether oxygens (including phenoxy) is 3. The summed E-state index contributed by atoms with van der Waals surface area (Å²) in [6.45, 7) is 6.68. The normalized spacial score (nSPS) is 24.9. The van der Waals surface area contributed by atoms with Crippen LogP contribution in [0.25, 0.3) is 0 Å². The third-order valence-electron chi connectivity index (χ3n) is 6.59. The van der Waals surface area contributed by atoms with Crippen LogP contribution in [-0.2, 0) is 20.6 Å². The van der Waals surface area contributed by atoms with Gasteiger partial charge in [0.15, 0.2) is 6.10 Å². The monoisotopic (exact) mass is 449 g/mol. The van der Waals surface area contributed by atoms with Gasteiger partial charge in [0.1, 0.15) is 23.9 Å². The van der Waals surface area contributed by atoms with Crippen LogP contribution in [0.15, 0.2) is 40.3 Å². The standard InChI is InChI=1S/C23H33N2O5S/c1-27-15-16-28-14-12-25-10-7-19(8-11-25)21(18-25)30-23(26)24(22-5-3-17-31-22)9-6-20-4-2-13-29-20/h2-5,13,17,19,21H,6-12,14-16,18H2,1H3/q+1/t19?,21-,25?/m0/s1. The molecule has 5 heterocycles. The van der Waals surface area contributed by atoms with Crippen molar-refractivity contribution in [3.63, 3.8) is 0 Å². The molecule has 3 aliphatic rings. The highest BCUT2D eigenvalue weighted by atomic mass is 32.1. The van der Waals surface area contributed by atoms with Crippen LogP contribution in [-0.4, -0.2) is 76.3 Å². The molecule has 0 aromatic carbocycles. The highest BCUT2D eigenvalue weighted by Crippen LogP contribution is 2.36. The number of amides is 1. The van der Waals surface area contributed by atoms with Crippen molar-refractivity contribution in [1.82, 2.24) is 0 Å². The molecule has 1 atom stereocenters. The Morgan fingerprint density at radius 2 is 2.10 bits per heavy atom. The van der Waals surface area contributed by atoms with Gasteiger partial charge < -0.3 is 23.1 Å². The van der Waals surface area contributed by atoms with Crippen LogP contribution < -0.4 is 4.90 Å². The molecule has 2 bridgehead atoms. The molecule has 2 aromatic heterocycles. The van der Waals surface area contributed by atoms with Crippen LogP contribution >= 0.6 is 11.3 Å². The number of fused-ring (bicyclic) bond motifs is 3. The topological polar surface area (TPSA) is 61.1 Å². The van der Waals surface area contributed by atoms with Crippen LogP contribution in [0, 0.1) is 5.92 Å². The lowest BCUT2D eigenvalue weighted by Crippen LogP contribution is -2.65. The molecule has 0 aliphatic carbocycles. The molecule has 170 valence electrons. The van der Waals surface area contributed by atoms with E-state index >= 15 is 0 Å². The second kappa shape index (κ2) is 10.6. The molecule has 2 aromatic rings. The van der Waals surface area contributed by atoms with E-state index in [0.29, 0.717) is 32.1 Å². The third kappa shape index (κ3) is 5.68. The number of rotatable bonds is 11. The zero-order chi connectivity index (χ0) is 21.5. The molecule has 0 radical (unpaired) electrons. The second-order valence-electron chi connectivity index (χ2n) is 8.49. The molecular weight excluding hydrogens is 416 g/mol. The molecule has 3 saturated heterocycles. The van der Waals surface area contributed by atoms with E-state index in [2.05, 4.69) is 0 Å². The predicted octanol–water partition coefficient (Wildman–Crippen LogP) is 3.80. The summed E-state index contributed by atoms with van der Waals surface area (Å²) in [4.78, 5) is 15.0. The summed E-state index contributed by atoms with van der Waals surface area (Å²) >= 11 is 1.55. The van der Waals surface area contributed by atoms with E-state index in [9.17, 15) is 4.79 Å². The molecule has 0 N–H and O–H groups in total. The number of piperidine rings is 3. The van der Waals surface area contributed by atoms with E-state index in [1.165, 1.54) is 0 Å². The zero-order valence-corrected chi connectivity index (χ0v) is 19.1. The van der Waals surface area contributed by atoms with Crippen molar-refractivity contribution in [2.24, 2.45) is 5.92 Å². The van der Waals surface area contributed by atoms with Crippen molar-refractivity contribution < 1.29 is 27.9 Å². The summed E-state index contributed by atoms with van der Waals surface area (Å²) in [7, 11) is 1.69. The van der Waals surface area contributed by atoms with Crippen molar-refractivity contribution in [3.05, 3.63) is 41.7 Å². The molecule has 1 amide bonds. The SMILES string of the molecule is COCCOCC[N+]12CCC(CC1)[C@@H](OC(=O)N(CCc1ccco1)c1cccs1)C2. The highest BCUT2D eigenvalue weighted by molar-refractivity contribution is 7.14. The first kappa shape index (κ1) is 22.3. The van der Waals surface area contributed by atoms with E-state index in [-0.39, 0.29) is 12.2 Å². The largest absolute Gasteiger partial charge is 0.469 e. The Bertz CT molecular complexity index is 787. The Kier molecular flexibility index (Phi) is 7.66. The van der Waals surface area contributed by atoms with Crippen LogP contribution in [0.5, 0.6) is 0 Å². The van der Waals surface area contributed by atoms with E-state index in [1.807, 2.05) is 29.6 Å². The first-order chi connectivity index (χ1) is 15.2. The maximum atomic E-state index is 13.2. The molecule has 5 rings (SSSR count). The fourth-order valence-electron chi connectivity index (χ4n) is 4.76. The summed E-state index contributed by atoms with van der Waals surface area (Å²) < 4.78 is 23.4. The van der Waals surface area contributed by atoms with Gasteiger partial charge in [0.2, 0.25) is 0 Å². The summed E-state index contributed by atoms with van der Waals surface area (Å²) in [5, 5.41) is 2.90. The number of anilines is 1. The number of furan rings is 1. The average molecular weight is 450 g/mol. The Morgan fingerprint density at radius 1 is 1.23 bits per heavy atom. The Labute approximate surface area is 188 Å². The summed E-state index contributed by atoms with van der Waals surface area (Å²) in [5.41, 5.74) is 0. The molecule has 31 heavy (non-hydrogen) atoms. The Hall–Kier alpha value is -1.87. The maximum absolute atomic E-state index is 13.2. The lowest BCUT2D eigenvalue weighted by atomic mass is 9.83. The highest BCUT2D eigenvalue weighted by Gasteiger charge is 2.47. The predicted molar refractivity (Wildman–Crippen MR) is 119 cm³/mol. The van der Waals surface area contributed by atoms with Gasteiger partial charge in [0, 0.05) is 38.8 Å². The molecule has 3 fully saturated rings. The number of hydrogen-bond donors (Lipinski definition) is 0. The van der Waals surface area contributed by atoms with E-state index < -0.39 is 0 Å². The summed E-state index contributed by atoms with van der Waals surface area (Å²) in [6, 6.07) is 7.74. The van der Waals surface area contributed by atoms with Crippen LogP contribution in [0.2, 0.25) is 0 Å². The van der Waals surface area contributed by atoms with Crippen LogP contribution in [0.3, 0.4) is 0 Å². The van der Waals surface area contributed by atoms with Crippen molar-refractivity contribution in [2.45, 2.75) is 25.4 Å². The quantitative estimate of drug-likeness (QED) is 0.386. The number of thiophene rings is 1. The minimum absolute atomic E-state index is 0.0277. The second-order valence-corrected chi connectivity index (χ2v) is 9.42. The molecule has 0 unspecified atom stereocenters. The fraction of sp³-hybridized carbons (Fsp3) is 0.609. The lowest BCUT2D eigenvalue weighted by molar-refractivity contribution is -0.946. The number of quaternary nitrogens is 1. The molecular formula is C23H33N2O5S+. The molecule has 0 spiro atoms. The van der Waals surface area contributed by atoms with Crippen LogP contribution in [0.4, 0.5) is 9.80 Å². The fourth-order valence-corrected chi connectivity index (χ4v) is 5.50. The van der Waals surface area contributed by atoms with Crippen molar-refractivity contribution in [1.29, 1.82) is 0 Å². The van der Waals surface area contributed by atoms with Crippen molar-refractivity contribution in [2.75, 3.05) is 64.6 Å². The minimum Gasteiger partial charge on any atom is -0.469 e. The van der Waals surface area contributed by atoms with Gasteiger partial charge in [0.25, 0.3) is 0 Å². The third-order valence-corrected chi connectivity index (χ3v) is 7.48. The van der Waals surface area contributed by atoms with Gasteiger partial charge in [-0.3, -0.25) is 4.90 Å². The van der Waals surface area contributed by atoms with Crippen LogP contribution in [0.1, 0.15) is 18.6 Å². The van der Waals surface area contributed by atoms with E-state index in [1.54, 1.807) is 29.6 Å². The van der Waals surface area contributed by atoms with Crippen molar-refractivity contribution in [3.8, 4) is 0 Å². The van der Waals surface area contributed by atoms with Gasteiger partial charge in [-0.25, -0.2) is 4.79 Å². The summed E-state index contributed by atoms with van der Waals surface area (Å²) in [5.74, 6) is 1.34. The maximum Gasteiger partial charge on any atom is 0.415 e. The van der Waals surface area contributed by atoms with Gasteiger partial charge in [-0.2, -0.15) is 0 Å². The van der Waals surface area contributed by atoms with Crippen molar-refractivity contribution >= 4 is 22.4 Å². The molecule has 0 saturated carbocycles.